The molecule has 102 valence electrons. The average Bonchev–Trinajstić information content (AvgIpc) is 2.89. The van der Waals surface area contributed by atoms with Crippen LogP contribution in [0.25, 0.3) is 11.1 Å². The summed E-state index contributed by atoms with van der Waals surface area (Å²) >= 11 is 0. The van der Waals surface area contributed by atoms with E-state index in [0.717, 1.165) is 22.4 Å². The van der Waals surface area contributed by atoms with Crippen LogP contribution in [0, 0.1) is 0 Å². The SMILES string of the molecule is COc1ccc(C(N)Cc2nc3ccccc3o2)cc1. The van der Waals surface area contributed by atoms with Crippen LogP contribution in [0.5, 0.6) is 5.75 Å². The Morgan fingerprint density at radius 3 is 2.60 bits per heavy atom. The van der Waals surface area contributed by atoms with Crippen LogP contribution in [0.15, 0.2) is 52.9 Å². The van der Waals surface area contributed by atoms with Gasteiger partial charge in [-0.3, -0.25) is 0 Å². The number of methoxy groups -OCH3 is 1. The van der Waals surface area contributed by atoms with E-state index in [2.05, 4.69) is 4.98 Å². The normalized spacial score (nSPS) is 12.5. The Labute approximate surface area is 117 Å². The molecule has 2 N–H and O–H groups in total. The van der Waals surface area contributed by atoms with Gasteiger partial charge in [0.25, 0.3) is 0 Å². The molecule has 4 nitrogen and oxygen atoms in total. The first-order valence-electron chi connectivity index (χ1n) is 6.50. The molecule has 0 amide bonds. The molecule has 0 bridgehead atoms. The summed E-state index contributed by atoms with van der Waals surface area (Å²) in [6.45, 7) is 0. The van der Waals surface area contributed by atoms with Gasteiger partial charge in [0, 0.05) is 12.5 Å². The molecule has 0 aliphatic heterocycles. The van der Waals surface area contributed by atoms with Crippen LogP contribution in [-0.2, 0) is 6.42 Å². The topological polar surface area (TPSA) is 61.3 Å². The molecule has 0 aliphatic rings. The number of aromatic nitrogens is 1. The summed E-state index contributed by atoms with van der Waals surface area (Å²) in [6.07, 6.45) is 0.570. The van der Waals surface area contributed by atoms with Crippen molar-refractivity contribution in [2.24, 2.45) is 5.73 Å². The Hall–Kier alpha value is -2.33. The molecule has 4 heteroatoms. The second kappa shape index (κ2) is 5.35. The molecule has 0 saturated carbocycles. The maximum atomic E-state index is 6.20. The second-order valence-electron chi connectivity index (χ2n) is 4.66. The van der Waals surface area contributed by atoms with Crippen molar-refractivity contribution in [2.45, 2.75) is 12.5 Å². The van der Waals surface area contributed by atoms with Gasteiger partial charge in [-0.25, -0.2) is 4.98 Å². The van der Waals surface area contributed by atoms with Crippen LogP contribution in [0.2, 0.25) is 0 Å². The Morgan fingerprint density at radius 2 is 1.90 bits per heavy atom. The van der Waals surface area contributed by atoms with Gasteiger partial charge in [0.05, 0.1) is 7.11 Å². The van der Waals surface area contributed by atoms with E-state index in [1.54, 1.807) is 7.11 Å². The summed E-state index contributed by atoms with van der Waals surface area (Å²) in [4.78, 5) is 4.44. The van der Waals surface area contributed by atoms with E-state index in [4.69, 9.17) is 14.9 Å². The van der Waals surface area contributed by atoms with Gasteiger partial charge in [0.15, 0.2) is 11.5 Å². The molecule has 0 saturated heterocycles. The highest BCUT2D eigenvalue weighted by Gasteiger charge is 2.12. The highest BCUT2D eigenvalue weighted by molar-refractivity contribution is 5.72. The van der Waals surface area contributed by atoms with E-state index < -0.39 is 0 Å². The van der Waals surface area contributed by atoms with E-state index in [1.807, 2.05) is 48.5 Å². The summed E-state index contributed by atoms with van der Waals surface area (Å²) in [6, 6.07) is 15.3. The number of rotatable bonds is 4. The molecule has 3 aromatic rings. The molecule has 0 spiro atoms. The second-order valence-corrected chi connectivity index (χ2v) is 4.66. The lowest BCUT2D eigenvalue weighted by atomic mass is 10.0. The van der Waals surface area contributed by atoms with Gasteiger partial charge in [-0.15, -0.1) is 0 Å². The van der Waals surface area contributed by atoms with E-state index in [-0.39, 0.29) is 6.04 Å². The molecule has 2 aromatic carbocycles. The van der Waals surface area contributed by atoms with Crippen molar-refractivity contribution >= 4 is 11.1 Å². The number of para-hydroxylation sites is 2. The van der Waals surface area contributed by atoms with E-state index in [9.17, 15) is 0 Å². The number of hydrogen-bond acceptors (Lipinski definition) is 4. The van der Waals surface area contributed by atoms with Crippen LogP contribution in [-0.4, -0.2) is 12.1 Å². The number of nitrogens with zero attached hydrogens (tertiary/aromatic N) is 1. The molecule has 0 aliphatic carbocycles. The van der Waals surface area contributed by atoms with E-state index in [1.165, 1.54) is 0 Å². The molecule has 1 heterocycles. The van der Waals surface area contributed by atoms with Gasteiger partial charge >= 0.3 is 0 Å². The number of fused-ring (bicyclic) bond motifs is 1. The molecule has 0 fully saturated rings. The van der Waals surface area contributed by atoms with Crippen molar-refractivity contribution in [3.8, 4) is 5.75 Å². The lowest BCUT2D eigenvalue weighted by Crippen LogP contribution is -2.13. The van der Waals surface area contributed by atoms with Gasteiger partial charge in [-0.05, 0) is 29.8 Å². The van der Waals surface area contributed by atoms with Crippen molar-refractivity contribution in [1.82, 2.24) is 4.98 Å². The molecule has 20 heavy (non-hydrogen) atoms. The zero-order valence-corrected chi connectivity index (χ0v) is 11.2. The zero-order valence-electron chi connectivity index (χ0n) is 11.2. The lowest BCUT2D eigenvalue weighted by molar-refractivity contribution is 0.414. The quantitative estimate of drug-likeness (QED) is 0.790. The van der Waals surface area contributed by atoms with Gasteiger partial charge in [0.1, 0.15) is 11.3 Å². The van der Waals surface area contributed by atoms with Crippen LogP contribution in [0.1, 0.15) is 17.5 Å². The molecular formula is C16H16N2O2. The van der Waals surface area contributed by atoms with Gasteiger partial charge in [-0.2, -0.15) is 0 Å². The molecule has 1 unspecified atom stereocenters. The molecular weight excluding hydrogens is 252 g/mol. The smallest absolute Gasteiger partial charge is 0.197 e. The first kappa shape index (κ1) is 12.7. The fraction of sp³-hybridized carbons (Fsp3) is 0.188. The Morgan fingerprint density at radius 1 is 1.15 bits per heavy atom. The van der Waals surface area contributed by atoms with Crippen molar-refractivity contribution < 1.29 is 9.15 Å². The first-order valence-corrected chi connectivity index (χ1v) is 6.50. The minimum Gasteiger partial charge on any atom is -0.497 e. The third kappa shape index (κ3) is 2.51. The van der Waals surface area contributed by atoms with Crippen molar-refractivity contribution in [3.63, 3.8) is 0 Å². The third-order valence-corrected chi connectivity index (χ3v) is 3.28. The first-order chi connectivity index (χ1) is 9.76. The van der Waals surface area contributed by atoms with Crippen LogP contribution in [0.3, 0.4) is 0 Å². The third-order valence-electron chi connectivity index (χ3n) is 3.28. The standard InChI is InChI=1S/C16H16N2O2/c1-19-12-8-6-11(7-9-12)13(17)10-16-18-14-4-2-3-5-15(14)20-16/h2-9,13H,10,17H2,1H3. The highest BCUT2D eigenvalue weighted by atomic mass is 16.5. The highest BCUT2D eigenvalue weighted by Crippen LogP contribution is 2.21. The van der Waals surface area contributed by atoms with Gasteiger partial charge in [0.2, 0.25) is 0 Å². The fourth-order valence-electron chi connectivity index (χ4n) is 2.16. The largest absolute Gasteiger partial charge is 0.497 e. The number of oxazole rings is 1. The minimum absolute atomic E-state index is 0.144. The van der Waals surface area contributed by atoms with Crippen molar-refractivity contribution in [3.05, 3.63) is 60.0 Å². The predicted molar refractivity (Wildman–Crippen MR) is 77.6 cm³/mol. The molecule has 3 rings (SSSR count). The number of benzene rings is 2. The lowest BCUT2D eigenvalue weighted by Gasteiger charge is -2.10. The maximum absolute atomic E-state index is 6.20. The summed E-state index contributed by atoms with van der Waals surface area (Å²) in [5, 5.41) is 0. The number of hydrogen-bond donors (Lipinski definition) is 1. The van der Waals surface area contributed by atoms with Gasteiger partial charge < -0.3 is 14.9 Å². The number of ether oxygens (including phenoxy) is 1. The average molecular weight is 268 g/mol. The molecule has 1 atom stereocenters. The van der Waals surface area contributed by atoms with E-state index >= 15 is 0 Å². The maximum Gasteiger partial charge on any atom is 0.197 e. The summed E-state index contributed by atoms with van der Waals surface area (Å²) < 4.78 is 10.8. The Kier molecular flexibility index (Phi) is 3.39. The number of nitrogens with two attached hydrogens (primary N) is 1. The van der Waals surface area contributed by atoms with Crippen LogP contribution >= 0.6 is 0 Å². The minimum atomic E-state index is -0.144. The summed E-state index contributed by atoms with van der Waals surface area (Å²) in [5.74, 6) is 1.48. The van der Waals surface area contributed by atoms with Crippen molar-refractivity contribution in [1.29, 1.82) is 0 Å². The van der Waals surface area contributed by atoms with E-state index in [0.29, 0.717) is 12.3 Å². The van der Waals surface area contributed by atoms with Crippen LogP contribution in [0.4, 0.5) is 0 Å². The summed E-state index contributed by atoms with van der Waals surface area (Å²) in [5.41, 5.74) is 8.90. The predicted octanol–water partition coefficient (Wildman–Crippen LogP) is 3.08. The zero-order chi connectivity index (χ0) is 13.9. The van der Waals surface area contributed by atoms with Crippen LogP contribution < -0.4 is 10.5 Å². The Bertz CT molecular complexity index is 671. The molecule has 0 radical (unpaired) electrons. The van der Waals surface area contributed by atoms with Gasteiger partial charge in [-0.1, -0.05) is 24.3 Å². The fourth-order valence-corrected chi connectivity index (χ4v) is 2.16. The Balaban J connectivity index is 1.78. The molecule has 1 aromatic heterocycles. The monoisotopic (exact) mass is 268 g/mol. The summed E-state index contributed by atoms with van der Waals surface area (Å²) in [7, 11) is 1.65. The van der Waals surface area contributed by atoms with Crippen molar-refractivity contribution in [2.75, 3.05) is 7.11 Å².